The molecule has 0 bridgehead atoms. The molecular weight excluding hydrogens is 204 g/mol. The lowest BCUT2D eigenvalue weighted by Crippen LogP contribution is -2.27. The second-order valence-electron chi connectivity index (χ2n) is 4.66. The summed E-state index contributed by atoms with van der Waals surface area (Å²) in [5, 5.41) is 0. The largest absolute Gasteiger partial charge is 0.478 e. The van der Waals surface area contributed by atoms with Crippen LogP contribution in [0.1, 0.15) is 13.8 Å². The Morgan fingerprint density at radius 1 is 1.19 bits per heavy atom. The number of hydrogen-bond donors (Lipinski definition) is 0. The van der Waals surface area contributed by atoms with Gasteiger partial charge in [-0.1, -0.05) is 32.0 Å². The van der Waals surface area contributed by atoms with Crippen molar-refractivity contribution in [1.82, 2.24) is 0 Å². The van der Waals surface area contributed by atoms with Gasteiger partial charge in [0.25, 0.3) is 0 Å². The van der Waals surface area contributed by atoms with Crippen LogP contribution in [0.5, 0.6) is 5.75 Å². The number of carbonyl (C=O) groups is 2. The maximum Gasteiger partial charge on any atom is 0.180 e. The molecule has 1 aromatic rings. The molecule has 0 heterocycles. The van der Waals surface area contributed by atoms with Crippen molar-refractivity contribution in [3.8, 4) is 5.75 Å². The van der Waals surface area contributed by atoms with Crippen molar-refractivity contribution in [3.63, 3.8) is 0 Å². The van der Waals surface area contributed by atoms with E-state index in [1.165, 1.54) is 0 Å². The number of aldehydes is 2. The van der Waals surface area contributed by atoms with E-state index in [4.69, 9.17) is 4.74 Å². The maximum absolute atomic E-state index is 11.2. The zero-order chi connectivity index (χ0) is 11.8. The fraction of sp³-hybridized carbons (Fsp3) is 0.385. The van der Waals surface area contributed by atoms with E-state index in [-0.39, 0.29) is 5.92 Å². The Labute approximate surface area is 94.4 Å². The Hall–Kier alpha value is -1.64. The van der Waals surface area contributed by atoms with E-state index in [1.54, 1.807) is 12.1 Å². The zero-order valence-corrected chi connectivity index (χ0v) is 9.34. The lowest BCUT2D eigenvalue weighted by atomic mass is 10.1. The van der Waals surface area contributed by atoms with Gasteiger partial charge < -0.3 is 9.53 Å². The predicted octanol–water partition coefficient (Wildman–Crippen LogP) is 1.86. The van der Waals surface area contributed by atoms with Gasteiger partial charge in [-0.3, -0.25) is 4.79 Å². The predicted molar refractivity (Wildman–Crippen MR) is 59.2 cm³/mol. The van der Waals surface area contributed by atoms with E-state index < -0.39 is 11.0 Å². The van der Waals surface area contributed by atoms with Gasteiger partial charge in [-0.25, -0.2) is 0 Å². The molecule has 3 nitrogen and oxygen atoms in total. The summed E-state index contributed by atoms with van der Waals surface area (Å²) in [7, 11) is 0. The molecule has 0 aliphatic heterocycles. The smallest absolute Gasteiger partial charge is 0.180 e. The molecule has 0 amide bonds. The first-order valence-corrected chi connectivity index (χ1v) is 5.24. The van der Waals surface area contributed by atoms with Gasteiger partial charge in [0.2, 0.25) is 0 Å². The average Bonchev–Trinajstić information content (AvgIpc) is 2.75. The van der Waals surface area contributed by atoms with Crippen molar-refractivity contribution in [1.29, 1.82) is 0 Å². The van der Waals surface area contributed by atoms with Gasteiger partial charge in [0.1, 0.15) is 12.0 Å². The Morgan fingerprint density at radius 2 is 1.81 bits per heavy atom. The molecule has 2 unspecified atom stereocenters. The Balaban J connectivity index is 2.27. The molecule has 16 heavy (non-hydrogen) atoms. The lowest BCUT2D eigenvalue weighted by molar-refractivity contribution is -0.119. The molecule has 3 heteroatoms. The van der Waals surface area contributed by atoms with Crippen LogP contribution in [-0.2, 0) is 9.59 Å². The van der Waals surface area contributed by atoms with Gasteiger partial charge in [0.05, 0.1) is 5.92 Å². The van der Waals surface area contributed by atoms with Gasteiger partial charge in [0, 0.05) is 5.41 Å². The summed E-state index contributed by atoms with van der Waals surface area (Å²) < 4.78 is 5.68. The third-order valence-electron chi connectivity index (χ3n) is 3.50. The lowest BCUT2D eigenvalue weighted by Gasteiger charge is -2.15. The molecule has 1 fully saturated rings. The minimum atomic E-state index is -0.990. The van der Waals surface area contributed by atoms with Crippen LogP contribution < -0.4 is 4.74 Å². The molecule has 0 N–H and O–H groups in total. The van der Waals surface area contributed by atoms with Crippen LogP contribution in [-0.4, -0.2) is 18.2 Å². The summed E-state index contributed by atoms with van der Waals surface area (Å²) in [5.74, 6) is 0.254. The first-order valence-electron chi connectivity index (χ1n) is 5.24. The van der Waals surface area contributed by atoms with Gasteiger partial charge in [0.15, 0.2) is 11.9 Å². The zero-order valence-electron chi connectivity index (χ0n) is 9.34. The Morgan fingerprint density at radius 3 is 2.25 bits per heavy atom. The minimum absolute atomic E-state index is 0.363. The highest BCUT2D eigenvalue weighted by Gasteiger charge is 2.74. The maximum atomic E-state index is 11.2. The summed E-state index contributed by atoms with van der Waals surface area (Å²) >= 11 is 0. The van der Waals surface area contributed by atoms with Crippen molar-refractivity contribution in [3.05, 3.63) is 30.3 Å². The quantitative estimate of drug-likeness (QED) is 0.724. The molecule has 0 radical (unpaired) electrons. The number of para-hydroxylation sites is 1. The molecule has 1 aliphatic carbocycles. The van der Waals surface area contributed by atoms with E-state index in [2.05, 4.69) is 0 Å². The molecule has 0 saturated heterocycles. The molecule has 1 aliphatic rings. The fourth-order valence-corrected chi connectivity index (χ4v) is 2.20. The summed E-state index contributed by atoms with van der Waals surface area (Å²) in [5.41, 5.74) is -1.41. The Kier molecular flexibility index (Phi) is 2.34. The minimum Gasteiger partial charge on any atom is -0.478 e. The third-order valence-corrected chi connectivity index (χ3v) is 3.50. The van der Waals surface area contributed by atoms with Crippen molar-refractivity contribution >= 4 is 12.6 Å². The molecule has 1 saturated carbocycles. The van der Waals surface area contributed by atoms with Gasteiger partial charge >= 0.3 is 0 Å². The molecule has 2 atom stereocenters. The van der Waals surface area contributed by atoms with Crippen LogP contribution in [0.15, 0.2) is 30.3 Å². The average molecular weight is 218 g/mol. The normalized spacial score (nSPS) is 30.5. The van der Waals surface area contributed by atoms with E-state index in [0.717, 1.165) is 12.6 Å². The molecule has 2 rings (SSSR count). The van der Waals surface area contributed by atoms with Crippen molar-refractivity contribution < 1.29 is 14.3 Å². The topological polar surface area (TPSA) is 43.4 Å². The molecule has 1 aromatic carbocycles. The van der Waals surface area contributed by atoms with Crippen molar-refractivity contribution in [2.75, 3.05) is 0 Å². The van der Waals surface area contributed by atoms with E-state index >= 15 is 0 Å². The van der Waals surface area contributed by atoms with Gasteiger partial charge in [-0.2, -0.15) is 0 Å². The summed E-state index contributed by atoms with van der Waals surface area (Å²) in [4.78, 5) is 22.1. The van der Waals surface area contributed by atoms with Crippen LogP contribution in [0, 0.1) is 11.3 Å². The SMILES string of the molecule is CC1(C)C(C=O)C1(C=O)Oc1ccccc1. The van der Waals surface area contributed by atoms with Crippen LogP contribution in [0.4, 0.5) is 0 Å². The fourth-order valence-electron chi connectivity index (χ4n) is 2.20. The van der Waals surface area contributed by atoms with Crippen molar-refractivity contribution in [2.45, 2.75) is 19.4 Å². The third kappa shape index (κ3) is 1.28. The molecule has 84 valence electrons. The number of hydrogen-bond acceptors (Lipinski definition) is 3. The number of carbonyl (C=O) groups excluding carboxylic acids is 2. The number of benzene rings is 1. The first-order chi connectivity index (χ1) is 7.58. The molecular formula is C13H14O3. The van der Waals surface area contributed by atoms with Crippen LogP contribution in [0.2, 0.25) is 0 Å². The number of ether oxygens (including phenoxy) is 1. The molecule has 0 spiro atoms. The van der Waals surface area contributed by atoms with Crippen LogP contribution in [0.25, 0.3) is 0 Å². The highest BCUT2D eigenvalue weighted by Crippen LogP contribution is 2.61. The van der Waals surface area contributed by atoms with Crippen LogP contribution in [0.3, 0.4) is 0 Å². The summed E-state index contributed by atoms with van der Waals surface area (Å²) in [6.07, 6.45) is 1.55. The standard InChI is InChI=1S/C13H14O3/c1-12(2)11(8-14)13(12,9-15)16-10-6-4-3-5-7-10/h3-9,11H,1-2H3. The van der Waals surface area contributed by atoms with E-state index in [0.29, 0.717) is 5.75 Å². The highest BCUT2D eigenvalue weighted by atomic mass is 16.5. The second kappa shape index (κ2) is 3.44. The Bertz CT molecular complexity index is 410. The van der Waals surface area contributed by atoms with Crippen molar-refractivity contribution in [2.24, 2.45) is 11.3 Å². The van der Waals surface area contributed by atoms with E-state index in [9.17, 15) is 9.59 Å². The van der Waals surface area contributed by atoms with E-state index in [1.807, 2.05) is 32.0 Å². The summed E-state index contributed by atoms with van der Waals surface area (Å²) in [6, 6.07) is 9.09. The number of rotatable bonds is 4. The van der Waals surface area contributed by atoms with Crippen LogP contribution >= 0.6 is 0 Å². The molecule has 0 aromatic heterocycles. The monoisotopic (exact) mass is 218 g/mol. The van der Waals surface area contributed by atoms with Gasteiger partial charge in [-0.15, -0.1) is 0 Å². The second-order valence-corrected chi connectivity index (χ2v) is 4.66. The summed E-state index contributed by atoms with van der Waals surface area (Å²) in [6.45, 7) is 3.73. The highest BCUT2D eigenvalue weighted by molar-refractivity contribution is 5.83. The van der Waals surface area contributed by atoms with Gasteiger partial charge in [-0.05, 0) is 12.1 Å². The first kappa shape index (κ1) is 10.9.